The lowest BCUT2D eigenvalue weighted by molar-refractivity contribution is 0.0999. The van der Waals surface area contributed by atoms with Crippen LogP contribution in [0.1, 0.15) is 106 Å². The Morgan fingerprint density at radius 3 is 1.71 bits per heavy atom. The van der Waals surface area contributed by atoms with Crippen LogP contribution in [0.15, 0.2) is 24.3 Å². The summed E-state index contributed by atoms with van der Waals surface area (Å²) in [5, 5.41) is 0. The molecule has 136 valence electrons. The average Bonchev–Trinajstić information content (AvgIpc) is 2.59. The Morgan fingerprint density at radius 1 is 0.750 bits per heavy atom. The van der Waals surface area contributed by atoms with Gasteiger partial charge in [0.1, 0.15) is 0 Å². The van der Waals surface area contributed by atoms with Crippen LogP contribution in [0.4, 0.5) is 0 Å². The maximum Gasteiger partial charge on any atom is 0.248 e. The smallest absolute Gasteiger partial charge is 0.248 e. The molecule has 0 saturated heterocycles. The predicted molar refractivity (Wildman–Crippen MR) is 104 cm³/mol. The molecule has 0 fully saturated rings. The number of hydrogen-bond donors (Lipinski definition) is 1. The van der Waals surface area contributed by atoms with Crippen molar-refractivity contribution in [2.24, 2.45) is 5.73 Å². The average molecular weight is 332 g/mol. The lowest BCUT2D eigenvalue weighted by atomic mass is 9.99. The molecule has 1 amide bonds. The molecule has 0 unspecified atom stereocenters. The second kappa shape index (κ2) is 14.1. The van der Waals surface area contributed by atoms with Gasteiger partial charge in [-0.2, -0.15) is 0 Å². The topological polar surface area (TPSA) is 43.1 Å². The Labute approximate surface area is 149 Å². The van der Waals surface area contributed by atoms with E-state index in [1.165, 1.54) is 77.0 Å². The molecule has 1 aromatic carbocycles. The second-order valence-corrected chi connectivity index (χ2v) is 7.01. The van der Waals surface area contributed by atoms with Gasteiger partial charge in [0, 0.05) is 5.56 Å². The van der Waals surface area contributed by atoms with E-state index in [1.807, 2.05) is 24.3 Å². The molecule has 0 aliphatic heterocycles. The fraction of sp³-hybridized carbons (Fsp3) is 0.682. The minimum atomic E-state index is -0.305. The largest absolute Gasteiger partial charge is 0.366 e. The Hall–Kier alpha value is -1.31. The van der Waals surface area contributed by atoms with Crippen LogP contribution >= 0.6 is 0 Å². The van der Waals surface area contributed by atoms with Crippen LogP contribution in [0.25, 0.3) is 0 Å². The van der Waals surface area contributed by atoms with Crippen molar-refractivity contribution in [2.75, 3.05) is 0 Å². The standard InChI is InChI=1S/C22H37NO/c1-2-3-4-5-6-7-8-9-10-11-12-13-14-17-20-18-15-16-19-21(20)22(23)24/h15-16,18-19H,2-14,17H2,1H3,(H2,23,24). The van der Waals surface area contributed by atoms with Crippen LogP contribution in [0, 0.1) is 0 Å². The molecule has 0 aliphatic carbocycles. The van der Waals surface area contributed by atoms with Gasteiger partial charge in [-0.3, -0.25) is 4.79 Å². The summed E-state index contributed by atoms with van der Waals surface area (Å²) in [6.45, 7) is 2.27. The Morgan fingerprint density at radius 2 is 1.21 bits per heavy atom. The molecule has 1 aromatic rings. The number of carbonyl (C=O) groups excluding carboxylic acids is 1. The molecule has 0 bridgehead atoms. The van der Waals surface area contributed by atoms with Crippen LogP contribution in [-0.2, 0) is 6.42 Å². The molecule has 24 heavy (non-hydrogen) atoms. The van der Waals surface area contributed by atoms with Gasteiger partial charge in [0.25, 0.3) is 0 Å². The molecule has 0 radical (unpaired) electrons. The van der Waals surface area contributed by atoms with E-state index in [0.29, 0.717) is 5.56 Å². The highest BCUT2D eigenvalue weighted by Gasteiger charge is 2.06. The Bertz CT molecular complexity index is 441. The van der Waals surface area contributed by atoms with Crippen LogP contribution < -0.4 is 5.73 Å². The lowest BCUT2D eigenvalue weighted by Gasteiger charge is -2.06. The number of nitrogens with two attached hydrogens (primary N) is 1. The van der Waals surface area contributed by atoms with Crippen molar-refractivity contribution in [3.63, 3.8) is 0 Å². The third-order valence-corrected chi connectivity index (χ3v) is 4.83. The summed E-state index contributed by atoms with van der Waals surface area (Å²) >= 11 is 0. The molecular formula is C22H37NO. The van der Waals surface area contributed by atoms with E-state index in [-0.39, 0.29) is 5.91 Å². The van der Waals surface area contributed by atoms with Gasteiger partial charge in [-0.05, 0) is 24.5 Å². The lowest BCUT2D eigenvalue weighted by Crippen LogP contribution is -2.13. The van der Waals surface area contributed by atoms with Gasteiger partial charge in [-0.15, -0.1) is 0 Å². The van der Waals surface area contributed by atoms with Gasteiger partial charge in [0.05, 0.1) is 0 Å². The number of amides is 1. The number of benzene rings is 1. The monoisotopic (exact) mass is 331 g/mol. The molecular weight excluding hydrogens is 294 g/mol. The van der Waals surface area contributed by atoms with Gasteiger partial charge < -0.3 is 5.73 Å². The first-order valence-electron chi connectivity index (χ1n) is 10.1. The first-order chi connectivity index (χ1) is 11.8. The number of rotatable bonds is 15. The van der Waals surface area contributed by atoms with Gasteiger partial charge in [-0.1, -0.05) is 102 Å². The minimum Gasteiger partial charge on any atom is -0.366 e. The minimum absolute atomic E-state index is 0.305. The maximum atomic E-state index is 11.4. The first-order valence-corrected chi connectivity index (χ1v) is 10.1. The summed E-state index contributed by atoms with van der Waals surface area (Å²) in [4.78, 5) is 11.4. The summed E-state index contributed by atoms with van der Waals surface area (Å²) in [7, 11) is 0. The number of hydrogen-bond acceptors (Lipinski definition) is 1. The van der Waals surface area contributed by atoms with Crippen molar-refractivity contribution in [2.45, 2.75) is 96.8 Å². The zero-order chi connectivity index (χ0) is 17.5. The molecule has 0 aromatic heterocycles. The fourth-order valence-corrected chi connectivity index (χ4v) is 3.31. The number of aryl methyl sites for hydroxylation is 1. The summed E-state index contributed by atoms with van der Waals surface area (Å²) < 4.78 is 0. The van der Waals surface area contributed by atoms with E-state index >= 15 is 0 Å². The van der Waals surface area contributed by atoms with Crippen LogP contribution in [0.2, 0.25) is 0 Å². The Balaban J connectivity index is 1.93. The summed E-state index contributed by atoms with van der Waals surface area (Å²) in [5.41, 5.74) is 7.22. The van der Waals surface area contributed by atoms with Gasteiger partial charge >= 0.3 is 0 Å². The van der Waals surface area contributed by atoms with Crippen molar-refractivity contribution in [3.8, 4) is 0 Å². The highest BCUT2D eigenvalue weighted by molar-refractivity contribution is 5.94. The molecule has 0 spiro atoms. The molecule has 2 nitrogen and oxygen atoms in total. The zero-order valence-electron chi connectivity index (χ0n) is 15.7. The third-order valence-electron chi connectivity index (χ3n) is 4.83. The quantitative estimate of drug-likeness (QED) is 0.370. The highest BCUT2D eigenvalue weighted by atomic mass is 16.1. The van der Waals surface area contributed by atoms with Crippen molar-refractivity contribution >= 4 is 5.91 Å². The Kier molecular flexibility index (Phi) is 12.2. The van der Waals surface area contributed by atoms with Crippen LogP contribution in [-0.4, -0.2) is 5.91 Å². The maximum absolute atomic E-state index is 11.4. The van der Waals surface area contributed by atoms with Crippen molar-refractivity contribution in [3.05, 3.63) is 35.4 Å². The zero-order valence-corrected chi connectivity index (χ0v) is 15.7. The first kappa shape index (κ1) is 20.7. The highest BCUT2D eigenvalue weighted by Crippen LogP contribution is 2.15. The summed E-state index contributed by atoms with van der Waals surface area (Å²) in [5.74, 6) is -0.305. The fourth-order valence-electron chi connectivity index (χ4n) is 3.31. The third kappa shape index (κ3) is 9.75. The number of unbranched alkanes of at least 4 members (excludes halogenated alkanes) is 12. The van der Waals surface area contributed by atoms with Gasteiger partial charge in [-0.25, -0.2) is 0 Å². The van der Waals surface area contributed by atoms with E-state index in [2.05, 4.69) is 6.92 Å². The van der Waals surface area contributed by atoms with Gasteiger partial charge in [0.2, 0.25) is 5.91 Å². The predicted octanol–water partition coefficient (Wildman–Crippen LogP) is 6.42. The summed E-state index contributed by atoms with van der Waals surface area (Å²) in [6.07, 6.45) is 18.7. The molecule has 2 N–H and O–H groups in total. The van der Waals surface area contributed by atoms with E-state index in [0.717, 1.165) is 18.4 Å². The molecule has 0 atom stereocenters. The molecule has 0 saturated carbocycles. The van der Waals surface area contributed by atoms with Crippen molar-refractivity contribution in [1.29, 1.82) is 0 Å². The van der Waals surface area contributed by atoms with Crippen molar-refractivity contribution in [1.82, 2.24) is 0 Å². The number of carbonyl (C=O) groups is 1. The molecule has 2 heteroatoms. The van der Waals surface area contributed by atoms with Crippen molar-refractivity contribution < 1.29 is 4.79 Å². The van der Waals surface area contributed by atoms with Crippen LogP contribution in [0.3, 0.4) is 0 Å². The van der Waals surface area contributed by atoms with Crippen LogP contribution in [0.5, 0.6) is 0 Å². The second-order valence-electron chi connectivity index (χ2n) is 7.01. The van der Waals surface area contributed by atoms with E-state index < -0.39 is 0 Å². The van der Waals surface area contributed by atoms with E-state index in [9.17, 15) is 4.79 Å². The summed E-state index contributed by atoms with van der Waals surface area (Å²) in [6, 6.07) is 7.73. The van der Waals surface area contributed by atoms with Gasteiger partial charge in [0.15, 0.2) is 0 Å². The molecule has 1 rings (SSSR count). The number of primary amides is 1. The normalized spacial score (nSPS) is 10.9. The molecule has 0 aliphatic rings. The van der Waals surface area contributed by atoms with E-state index in [4.69, 9.17) is 5.73 Å². The SMILES string of the molecule is CCCCCCCCCCCCCCCc1ccccc1C(N)=O. The van der Waals surface area contributed by atoms with E-state index in [1.54, 1.807) is 0 Å². The molecule has 0 heterocycles.